The first kappa shape index (κ1) is 14.2. The lowest BCUT2D eigenvalue weighted by molar-refractivity contribution is -0.114. The van der Waals surface area contributed by atoms with Gasteiger partial charge >= 0.3 is 0 Å². The fourth-order valence-electron chi connectivity index (χ4n) is 0.662. The lowest BCUT2D eigenvalue weighted by Crippen LogP contribution is -2.27. The van der Waals surface area contributed by atoms with E-state index < -0.39 is 15.9 Å². The van der Waals surface area contributed by atoms with Gasteiger partial charge in [0.15, 0.2) is 0 Å². The first-order valence-corrected chi connectivity index (χ1v) is 7.58. The van der Waals surface area contributed by atoms with Gasteiger partial charge in [-0.05, 0) is 17.3 Å². The number of hydrogen-bond acceptors (Lipinski definition) is 3. The maximum atomic E-state index is 11.0. The quantitative estimate of drug-likeness (QED) is 0.463. The van der Waals surface area contributed by atoms with Crippen molar-refractivity contribution in [1.29, 1.82) is 0 Å². The number of halogens is 2. The Labute approximate surface area is 102 Å². The number of nitrogens with one attached hydrogen (secondary N) is 1. The second-order valence-electron chi connectivity index (χ2n) is 2.62. The molecule has 0 saturated heterocycles. The zero-order valence-electron chi connectivity index (χ0n) is 7.59. The van der Waals surface area contributed by atoms with Crippen LogP contribution in [0, 0.1) is 0 Å². The van der Waals surface area contributed by atoms with Gasteiger partial charge in [-0.1, -0.05) is 34.2 Å². The van der Waals surface area contributed by atoms with Crippen LogP contribution in [-0.4, -0.2) is 25.0 Å². The van der Waals surface area contributed by atoms with E-state index in [2.05, 4.69) is 22.6 Å². The van der Waals surface area contributed by atoms with Crippen molar-refractivity contribution < 1.29 is 13.2 Å². The first-order valence-electron chi connectivity index (χ1n) is 3.79. The van der Waals surface area contributed by atoms with Crippen LogP contribution in [0.3, 0.4) is 0 Å². The third-order valence-electron chi connectivity index (χ3n) is 1.12. The fraction of sp³-hybridized carbons (Fsp3) is 0.571. The average Bonchev–Trinajstić information content (AvgIpc) is 1.96. The van der Waals surface area contributed by atoms with Crippen LogP contribution in [-0.2, 0) is 14.8 Å². The molecule has 0 saturated carbocycles. The smallest absolute Gasteiger partial charge is 0.258 e. The standard InChI is InChI=1S/C7H11ClINO3S/c1-14(12,13)10-7(11)5-6(8)3-2-4-9/h5H,2-4H2,1H3,(H,10,11)/b6-5-. The minimum absolute atomic E-state index is 0.364. The summed E-state index contributed by atoms with van der Waals surface area (Å²) in [5, 5.41) is 0.364. The van der Waals surface area contributed by atoms with Crippen molar-refractivity contribution >= 4 is 50.1 Å². The number of carbonyl (C=O) groups excluding carboxylic acids is 1. The molecule has 14 heavy (non-hydrogen) atoms. The average molecular weight is 352 g/mol. The van der Waals surface area contributed by atoms with Gasteiger partial charge in [-0.2, -0.15) is 0 Å². The molecule has 0 atom stereocenters. The molecule has 82 valence electrons. The zero-order valence-corrected chi connectivity index (χ0v) is 11.3. The van der Waals surface area contributed by atoms with Crippen molar-refractivity contribution in [2.24, 2.45) is 0 Å². The number of sulfonamides is 1. The van der Waals surface area contributed by atoms with Crippen LogP contribution >= 0.6 is 34.2 Å². The van der Waals surface area contributed by atoms with Gasteiger partial charge in [-0.25, -0.2) is 13.1 Å². The summed E-state index contributed by atoms with van der Waals surface area (Å²) in [5.74, 6) is -0.703. The van der Waals surface area contributed by atoms with Gasteiger partial charge in [0.1, 0.15) is 0 Å². The highest BCUT2D eigenvalue weighted by Crippen LogP contribution is 2.10. The third kappa shape index (κ3) is 8.76. The molecule has 0 bridgehead atoms. The molecule has 0 aromatic carbocycles. The lowest BCUT2D eigenvalue weighted by Gasteiger charge is -1.99. The topological polar surface area (TPSA) is 63.2 Å². The Morgan fingerprint density at radius 1 is 1.57 bits per heavy atom. The van der Waals surface area contributed by atoms with Gasteiger partial charge < -0.3 is 0 Å². The third-order valence-corrected chi connectivity index (χ3v) is 2.76. The highest BCUT2D eigenvalue weighted by atomic mass is 127. The number of carbonyl (C=O) groups is 1. The van der Waals surface area contributed by atoms with Crippen LogP contribution in [0.4, 0.5) is 0 Å². The summed E-state index contributed by atoms with van der Waals surface area (Å²) < 4.78 is 24.0. The summed E-state index contributed by atoms with van der Waals surface area (Å²) >= 11 is 7.88. The summed E-state index contributed by atoms with van der Waals surface area (Å²) in [4.78, 5) is 11.0. The van der Waals surface area contributed by atoms with E-state index in [0.29, 0.717) is 11.5 Å². The van der Waals surface area contributed by atoms with Crippen molar-refractivity contribution in [2.75, 3.05) is 10.7 Å². The molecule has 0 fully saturated rings. The van der Waals surface area contributed by atoms with Crippen LogP contribution < -0.4 is 4.72 Å². The van der Waals surface area contributed by atoms with Crippen LogP contribution in [0.2, 0.25) is 0 Å². The van der Waals surface area contributed by atoms with E-state index in [-0.39, 0.29) is 0 Å². The monoisotopic (exact) mass is 351 g/mol. The van der Waals surface area contributed by atoms with Crippen LogP contribution in [0.5, 0.6) is 0 Å². The Morgan fingerprint density at radius 2 is 2.14 bits per heavy atom. The Kier molecular flexibility index (Phi) is 6.71. The summed E-state index contributed by atoms with van der Waals surface area (Å²) in [6.45, 7) is 0. The SMILES string of the molecule is CS(=O)(=O)NC(=O)/C=C(\Cl)CCCI. The maximum Gasteiger partial charge on any atom is 0.258 e. The van der Waals surface area contributed by atoms with Gasteiger partial charge in [0.25, 0.3) is 5.91 Å². The van der Waals surface area contributed by atoms with Crippen LogP contribution in [0.25, 0.3) is 0 Å². The number of hydrogen-bond donors (Lipinski definition) is 1. The fourth-order valence-corrected chi connectivity index (χ4v) is 1.70. The van der Waals surface area contributed by atoms with Gasteiger partial charge in [-0.3, -0.25) is 4.79 Å². The normalized spacial score (nSPS) is 12.6. The Hall–Kier alpha value is 0.180. The van der Waals surface area contributed by atoms with Gasteiger partial charge in [0, 0.05) is 11.1 Å². The Balaban J connectivity index is 4.16. The molecular weight excluding hydrogens is 341 g/mol. The Morgan fingerprint density at radius 3 is 2.57 bits per heavy atom. The van der Waals surface area contributed by atoms with Gasteiger partial charge in [-0.15, -0.1) is 0 Å². The van der Waals surface area contributed by atoms with E-state index >= 15 is 0 Å². The van der Waals surface area contributed by atoms with Gasteiger partial charge in [0.2, 0.25) is 10.0 Å². The van der Waals surface area contributed by atoms with Crippen molar-refractivity contribution in [3.63, 3.8) is 0 Å². The first-order chi connectivity index (χ1) is 6.35. The number of amides is 1. The largest absolute Gasteiger partial charge is 0.269 e. The predicted octanol–water partition coefficient (Wildman–Crippen LogP) is 1.40. The number of rotatable bonds is 5. The van der Waals surface area contributed by atoms with E-state index in [1.807, 2.05) is 0 Å². The molecular formula is C7H11ClINO3S. The highest BCUT2D eigenvalue weighted by Gasteiger charge is 2.05. The molecule has 7 heteroatoms. The molecule has 1 N–H and O–H groups in total. The molecule has 0 unspecified atom stereocenters. The van der Waals surface area contributed by atoms with E-state index in [0.717, 1.165) is 23.2 Å². The molecule has 0 aromatic heterocycles. The van der Waals surface area contributed by atoms with Crippen molar-refractivity contribution in [1.82, 2.24) is 4.72 Å². The molecule has 0 spiro atoms. The summed E-state index contributed by atoms with van der Waals surface area (Å²) in [7, 11) is -3.49. The molecule has 4 nitrogen and oxygen atoms in total. The molecule has 0 aliphatic rings. The van der Waals surface area contributed by atoms with Crippen molar-refractivity contribution in [3.8, 4) is 0 Å². The summed E-state index contributed by atoms with van der Waals surface area (Å²) in [6, 6.07) is 0. The minimum Gasteiger partial charge on any atom is -0.269 e. The van der Waals surface area contributed by atoms with E-state index in [1.165, 1.54) is 0 Å². The molecule has 1 amide bonds. The van der Waals surface area contributed by atoms with E-state index in [4.69, 9.17) is 11.6 Å². The van der Waals surface area contributed by atoms with Gasteiger partial charge in [0.05, 0.1) is 6.26 Å². The van der Waals surface area contributed by atoms with E-state index in [9.17, 15) is 13.2 Å². The predicted molar refractivity (Wildman–Crippen MR) is 65.0 cm³/mol. The summed E-state index contributed by atoms with van der Waals surface area (Å²) in [6.07, 6.45) is 3.45. The summed E-state index contributed by atoms with van der Waals surface area (Å²) in [5.41, 5.74) is 0. The number of alkyl halides is 1. The minimum atomic E-state index is -3.49. The second-order valence-corrected chi connectivity index (χ2v) is 5.93. The van der Waals surface area contributed by atoms with Crippen LogP contribution in [0.1, 0.15) is 12.8 Å². The Bertz CT molecular complexity index is 326. The molecule has 0 aliphatic heterocycles. The molecule has 0 aromatic rings. The lowest BCUT2D eigenvalue weighted by atomic mass is 10.3. The molecule has 0 heterocycles. The molecule has 0 radical (unpaired) electrons. The molecule has 0 aliphatic carbocycles. The highest BCUT2D eigenvalue weighted by molar-refractivity contribution is 14.1. The maximum absolute atomic E-state index is 11.0. The second kappa shape index (κ2) is 6.62. The van der Waals surface area contributed by atoms with Crippen molar-refractivity contribution in [2.45, 2.75) is 12.8 Å². The number of allylic oxidation sites excluding steroid dienone is 1. The van der Waals surface area contributed by atoms with Crippen molar-refractivity contribution in [3.05, 3.63) is 11.1 Å². The van der Waals surface area contributed by atoms with Crippen LogP contribution in [0.15, 0.2) is 11.1 Å². The van der Waals surface area contributed by atoms with E-state index in [1.54, 1.807) is 4.72 Å². The molecule has 0 rings (SSSR count). The zero-order chi connectivity index (χ0) is 11.2.